The Bertz CT molecular complexity index is 683. The molecule has 0 radical (unpaired) electrons. The lowest BCUT2D eigenvalue weighted by molar-refractivity contribution is -0.120. The number of hydrazone groups is 1. The summed E-state index contributed by atoms with van der Waals surface area (Å²) < 4.78 is 5.05. The summed E-state index contributed by atoms with van der Waals surface area (Å²) in [5, 5.41) is 18.1. The summed E-state index contributed by atoms with van der Waals surface area (Å²) in [6.45, 7) is -0.00596. The second-order valence-corrected chi connectivity index (χ2v) is 4.47. The monoisotopic (exact) mass is 316 g/mol. The van der Waals surface area contributed by atoms with Gasteiger partial charge in [0, 0.05) is 5.56 Å². The average Bonchev–Trinajstić information content (AvgIpc) is 3.06. The van der Waals surface area contributed by atoms with Crippen LogP contribution in [0.4, 0.5) is 4.79 Å². The van der Waals surface area contributed by atoms with E-state index in [1.165, 1.54) is 18.5 Å². The first-order chi connectivity index (χ1) is 11.1. The van der Waals surface area contributed by atoms with Crippen LogP contribution in [0.25, 0.3) is 0 Å². The van der Waals surface area contributed by atoms with Crippen molar-refractivity contribution in [2.24, 2.45) is 5.10 Å². The van der Waals surface area contributed by atoms with Crippen molar-refractivity contribution >= 4 is 18.2 Å². The van der Waals surface area contributed by atoms with Crippen molar-refractivity contribution in [2.45, 2.75) is 6.54 Å². The number of benzene rings is 1. The van der Waals surface area contributed by atoms with E-state index in [-0.39, 0.29) is 18.8 Å². The van der Waals surface area contributed by atoms with Crippen LogP contribution in [0.3, 0.4) is 0 Å². The minimum Gasteiger partial charge on any atom is -0.507 e. The minimum atomic E-state index is -0.499. The van der Waals surface area contributed by atoms with Crippen molar-refractivity contribution in [3.05, 3.63) is 54.0 Å². The highest BCUT2D eigenvalue weighted by molar-refractivity contribution is 5.86. The van der Waals surface area contributed by atoms with Crippen LogP contribution in [0, 0.1) is 0 Å². The first-order valence-corrected chi connectivity index (χ1v) is 6.79. The zero-order valence-corrected chi connectivity index (χ0v) is 12.2. The molecular formula is C15H16N4O4. The number of hydrogen-bond acceptors (Lipinski definition) is 5. The lowest BCUT2D eigenvalue weighted by Crippen LogP contribution is -2.40. The summed E-state index contributed by atoms with van der Waals surface area (Å²) in [6.07, 6.45) is 2.81. The summed E-state index contributed by atoms with van der Waals surface area (Å²) in [5.41, 5.74) is 2.71. The molecule has 8 heteroatoms. The molecule has 0 aliphatic heterocycles. The third-order valence-electron chi connectivity index (χ3n) is 2.74. The molecule has 120 valence electrons. The van der Waals surface area contributed by atoms with Gasteiger partial charge in [0.2, 0.25) is 0 Å². The van der Waals surface area contributed by atoms with E-state index in [2.05, 4.69) is 21.2 Å². The average molecular weight is 316 g/mol. The Morgan fingerprint density at radius 2 is 2.00 bits per heavy atom. The van der Waals surface area contributed by atoms with Crippen LogP contribution < -0.4 is 16.1 Å². The van der Waals surface area contributed by atoms with Crippen LogP contribution in [0.2, 0.25) is 0 Å². The molecule has 2 rings (SSSR count). The number of amides is 3. The van der Waals surface area contributed by atoms with Crippen LogP contribution in [0.5, 0.6) is 5.75 Å². The van der Waals surface area contributed by atoms with E-state index in [1.54, 1.807) is 30.3 Å². The Morgan fingerprint density at radius 1 is 1.17 bits per heavy atom. The summed E-state index contributed by atoms with van der Waals surface area (Å²) >= 11 is 0. The fourth-order valence-electron chi connectivity index (χ4n) is 1.61. The Balaban J connectivity index is 1.66. The maximum atomic E-state index is 11.5. The van der Waals surface area contributed by atoms with Crippen molar-refractivity contribution in [3.63, 3.8) is 0 Å². The van der Waals surface area contributed by atoms with Gasteiger partial charge in [-0.3, -0.25) is 4.79 Å². The molecule has 0 saturated carbocycles. The number of carbonyl (C=O) groups excluding carboxylic acids is 2. The normalized spacial score (nSPS) is 10.4. The molecule has 0 saturated heterocycles. The number of nitrogens with one attached hydrogen (secondary N) is 3. The molecule has 0 spiro atoms. The van der Waals surface area contributed by atoms with Gasteiger partial charge in [0.05, 0.1) is 19.0 Å². The Morgan fingerprint density at radius 3 is 2.74 bits per heavy atom. The van der Waals surface area contributed by atoms with Gasteiger partial charge in [-0.1, -0.05) is 12.1 Å². The molecule has 1 aromatic carbocycles. The van der Waals surface area contributed by atoms with Crippen molar-refractivity contribution in [1.82, 2.24) is 16.1 Å². The van der Waals surface area contributed by atoms with Gasteiger partial charge >= 0.3 is 6.03 Å². The number of aromatic hydroxyl groups is 1. The number of hydrogen-bond donors (Lipinski definition) is 4. The molecule has 8 nitrogen and oxygen atoms in total. The van der Waals surface area contributed by atoms with Gasteiger partial charge in [0.25, 0.3) is 5.91 Å². The first kappa shape index (κ1) is 16.1. The number of carbonyl (C=O) groups is 2. The summed E-state index contributed by atoms with van der Waals surface area (Å²) in [6, 6.07) is 9.50. The van der Waals surface area contributed by atoms with E-state index >= 15 is 0 Å². The summed E-state index contributed by atoms with van der Waals surface area (Å²) in [4.78, 5) is 23.0. The minimum absolute atomic E-state index is 0.0564. The molecule has 1 aromatic heterocycles. The van der Waals surface area contributed by atoms with Crippen molar-refractivity contribution in [3.8, 4) is 5.75 Å². The van der Waals surface area contributed by atoms with Gasteiger partial charge in [-0.05, 0) is 24.3 Å². The third-order valence-corrected chi connectivity index (χ3v) is 2.74. The van der Waals surface area contributed by atoms with Crippen LogP contribution in [-0.4, -0.2) is 29.8 Å². The fraction of sp³-hybridized carbons (Fsp3) is 0.133. The lowest BCUT2D eigenvalue weighted by atomic mass is 10.2. The first-order valence-electron chi connectivity index (χ1n) is 6.79. The molecule has 2 aromatic rings. The van der Waals surface area contributed by atoms with Crippen LogP contribution >= 0.6 is 0 Å². The number of furan rings is 1. The van der Waals surface area contributed by atoms with Gasteiger partial charge in [-0.25, -0.2) is 10.2 Å². The van der Waals surface area contributed by atoms with Gasteiger partial charge in [-0.15, -0.1) is 0 Å². The SMILES string of the molecule is O=C(CNC(=O)NCc1ccco1)N/N=C\c1ccccc1O. The summed E-state index contributed by atoms with van der Waals surface area (Å²) in [7, 11) is 0. The maximum Gasteiger partial charge on any atom is 0.315 e. The second kappa shape index (κ2) is 8.23. The highest BCUT2D eigenvalue weighted by Gasteiger charge is 2.05. The van der Waals surface area contributed by atoms with Gasteiger partial charge in [0.15, 0.2) is 0 Å². The molecule has 0 aliphatic rings. The standard InChI is InChI=1S/C15H16N4O4/c20-13-6-2-1-4-11(13)8-18-19-14(21)10-17-15(22)16-9-12-5-3-7-23-12/h1-8,20H,9-10H2,(H,19,21)(H2,16,17,22)/b18-8-. The van der Waals surface area contributed by atoms with E-state index in [0.717, 1.165) is 0 Å². The van der Waals surface area contributed by atoms with Crippen LogP contribution in [-0.2, 0) is 11.3 Å². The fourth-order valence-corrected chi connectivity index (χ4v) is 1.61. The molecule has 4 N–H and O–H groups in total. The number of para-hydroxylation sites is 1. The Kier molecular flexibility index (Phi) is 5.75. The molecule has 23 heavy (non-hydrogen) atoms. The zero-order chi connectivity index (χ0) is 16.5. The van der Waals surface area contributed by atoms with Gasteiger partial charge in [-0.2, -0.15) is 5.10 Å². The maximum absolute atomic E-state index is 11.5. The third kappa shape index (κ3) is 5.54. The number of nitrogens with zero attached hydrogens (tertiary/aromatic N) is 1. The number of phenolic OH excluding ortho intramolecular Hbond substituents is 1. The largest absolute Gasteiger partial charge is 0.507 e. The van der Waals surface area contributed by atoms with E-state index in [1.807, 2.05) is 0 Å². The molecule has 0 unspecified atom stereocenters. The zero-order valence-electron chi connectivity index (χ0n) is 12.2. The molecule has 0 fully saturated rings. The quantitative estimate of drug-likeness (QED) is 0.468. The second-order valence-electron chi connectivity index (χ2n) is 4.47. The molecule has 1 heterocycles. The lowest BCUT2D eigenvalue weighted by Gasteiger charge is -2.05. The molecule has 0 aliphatic carbocycles. The van der Waals surface area contributed by atoms with Gasteiger partial charge in [0.1, 0.15) is 18.1 Å². The van der Waals surface area contributed by atoms with E-state index < -0.39 is 11.9 Å². The smallest absolute Gasteiger partial charge is 0.315 e. The molecule has 3 amide bonds. The Hall–Kier alpha value is -3.29. The summed E-state index contributed by atoms with van der Waals surface area (Å²) in [5.74, 6) is 0.169. The van der Waals surface area contributed by atoms with E-state index in [0.29, 0.717) is 11.3 Å². The van der Waals surface area contributed by atoms with Crippen molar-refractivity contribution in [2.75, 3.05) is 6.54 Å². The molecule has 0 atom stereocenters. The molecular weight excluding hydrogens is 300 g/mol. The topological polar surface area (TPSA) is 116 Å². The van der Waals surface area contributed by atoms with Crippen molar-refractivity contribution < 1.29 is 19.1 Å². The van der Waals surface area contributed by atoms with Crippen molar-refractivity contribution in [1.29, 1.82) is 0 Å². The van der Waals surface area contributed by atoms with Gasteiger partial charge < -0.3 is 20.2 Å². The predicted octanol–water partition coefficient (Wildman–Crippen LogP) is 0.935. The number of phenols is 1. The van der Waals surface area contributed by atoms with Crippen LogP contribution in [0.15, 0.2) is 52.2 Å². The van der Waals surface area contributed by atoms with E-state index in [9.17, 15) is 14.7 Å². The highest BCUT2D eigenvalue weighted by atomic mass is 16.3. The molecule has 0 bridgehead atoms. The Labute approximate surface area is 132 Å². The number of urea groups is 1. The number of rotatable bonds is 6. The predicted molar refractivity (Wildman–Crippen MR) is 82.8 cm³/mol. The van der Waals surface area contributed by atoms with E-state index in [4.69, 9.17) is 4.42 Å². The highest BCUT2D eigenvalue weighted by Crippen LogP contribution is 2.12. The van der Waals surface area contributed by atoms with Crippen LogP contribution in [0.1, 0.15) is 11.3 Å².